The Kier molecular flexibility index (Phi) is 7.70. The van der Waals surface area contributed by atoms with Crippen LogP contribution in [-0.2, 0) is 6.42 Å². The largest absolute Gasteiger partial charge is 0.490 e. The van der Waals surface area contributed by atoms with E-state index >= 15 is 0 Å². The highest BCUT2D eigenvalue weighted by atomic mass is 16.5. The molecule has 144 valence electrons. The minimum atomic E-state index is 0.211. The summed E-state index contributed by atoms with van der Waals surface area (Å²) in [6.07, 6.45) is 6.88. The van der Waals surface area contributed by atoms with E-state index in [1.807, 2.05) is 6.07 Å². The number of aryl methyl sites for hydroxylation is 1. The molecule has 0 unspecified atom stereocenters. The highest BCUT2D eigenvalue weighted by Gasteiger charge is 2.08. The molecule has 0 radical (unpaired) electrons. The number of benzene rings is 1. The van der Waals surface area contributed by atoms with Crippen molar-refractivity contribution in [1.29, 1.82) is 0 Å². The maximum absolute atomic E-state index is 6.07. The van der Waals surface area contributed by atoms with Gasteiger partial charge in [-0.2, -0.15) is 0 Å². The number of pyridine rings is 1. The molecule has 1 heterocycles. The molecule has 4 nitrogen and oxygen atoms in total. The van der Waals surface area contributed by atoms with Crippen molar-refractivity contribution in [2.75, 3.05) is 18.9 Å². The third-order valence-corrected chi connectivity index (χ3v) is 4.43. The smallest absolute Gasteiger partial charge is 0.166 e. The van der Waals surface area contributed by atoms with Gasteiger partial charge in [-0.15, -0.1) is 0 Å². The first-order valence-electron chi connectivity index (χ1n) is 9.96. The SMILES string of the molecule is CCCCOc1cc2ccc(CCCCCNC(C)(C)C)cc2nc1N. The molecule has 0 amide bonds. The first kappa shape index (κ1) is 20.5. The van der Waals surface area contributed by atoms with Crippen molar-refractivity contribution in [1.82, 2.24) is 10.3 Å². The number of anilines is 1. The monoisotopic (exact) mass is 357 g/mol. The predicted molar refractivity (Wildman–Crippen MR) is 112 cm³/mol. The van der Waals surface area contributed by atoms with Crippen molar-refractivity contribution >= 4 is 16.7 Å². The topological polar surface area (TPSA) is 60.2 Å². The number of unbranched alkanes of at least 4 members (excludes halogenated alkanes) is 3. The Morgan fingerprint density at radius 3 is 2.62 bits per heavy atom. The Balaban J connectivity index is 1.87. The lowest BCUT2D eigenvalue weighted by Crippen LogP contribution is -2.36. The van der Waals surface area contributed by atoms with Gasteiger partial charge in [0, 0.05) is 10.9 Å². The fourth-order valence-electron chi connectivity index (χ4n) is 2.90. The number of fused-ring (bicyclic) bond motifs is 1. The Hall–Kier alpha value is -1.81. The number of nitrogen functional groups attached to an aromatic ring is 1. The number of hydrogen-bond donors (Lipinski definition) is 2. The zero-order valence-electron chi connectivity index (χ0n) is 16.9. The highest BCUT2D eigenvalue weighted by molar-refractivity contribution is 5.83. The number of rotatable bonds is 10. The van der Waals surface area contributed by atoms with Crippen LogP contribution in [0.25, 0.3) is 10.9 Å². The molecule has 2 rings (SSSR count). The van der Waals surface area contributed by atoms with E-state index in [9.17, 15) is 0 Å². The summed E-state index contributed by atoms with van der Waals surface area (Å²) < 4.78 is 5.75. The van der Waals surface area contributed by atoms with Crippen molar-refractivity contribution in [3.63, 3.8) is 0 Å². The van der Waals surface area contributed by atoms with Crippen LogP contribution in [0.1, 0.15) is 65.4 Å². The number of aromatic nitrogens is 1. The Labute approximate surface area is 158 Å². The molecular weight excluding hydrogens is 322 g/mol. The number of nitrogens with one attached hydrogen (secondary N) is 1. The lowest BCUT2D eigenvalue weighted by atomic mass is 10.0. The number of nitrogens with zero attached hydrogens (tertiary/aromatic N) is 1. The molecule has 1 aromatic carbocycles. The maximum Gasteiger partial charge on any atom is 0.166 e. The second kappa shape index (κ2) is 9.77. The first-order chi connectivity index (χ1) is 12.4. The van der Waals surface area contributed by atoms with Gasteiger partial charge in [0.1, 0.15) is 0 Å². The Morgan fingerprint density at radius 1 is 1.08 bits per heavy atom. The zero-order chi connectivity index (χ0) is 19.0. The Bertz CT molecular complexity index is 692. The van der Waals surface area contributed by atoms with Crippen LogP contribution in [0.4, 0.5) is 5.82 Å². The van der Waals surface area contributed by atoms with Crippen LogP contribution < -0.4 is 15.8 Å². The summed E-state index contributed by atoms with van der Waals surface area (Å²) in [4.78, 5) is 4.54. The van der Waals surface area contributed by atoms with Crippen molar-refractivity contribution < 1.29 is 4.74 Å². The molecule has 0 aliphatic rings. The van der Waals surface area contributed by atoms with Gasteiger partial charge in [0.15, 0.2) is 11.6 Å². The van der Waals surface area contributed by atoms with E-state index < -0.39 is 0 Å². The van der Waals surface area contributed by atoms with Gasteiger partial charge in [0.25, 0.3) is 0 Å². The minimum Gasteiger partial charge on any atom is -0.490 e. The van der Waals surface area contributed by atoms with Gasteiger partial charge >= 0.3 is 0 Å². The molecule has 4 heteroatoms. The van der Waals surface area contributed by atoms with Crippen molar-refractivity contribution in [3.05, 3.63) is 29.8 Å². The summed E-state index contributed by atoms with van der Waals surface area (Å²) in [5.74, 6) is 1.18. The standard InChI is InChI=1S/C22H35N3O/c1-5-6-14-26-20-16-18-12-11-17(15-19(18)25-21(20)23)10-8-7-9-13-24-22(2,3)4/h11-12,15-16,24H,5-10,13-14H2,1-4H3,(H2,23,25). The van der Waals surface area contributed by atoms with Gasteiger partial charge in [-0.25, -0.2) is 4.98 Å². The van der Waals surface area contributed by atoms with Crippen LogP contribution in [0.2, 0.25) is 0 Å². The molecule has 2 aromatic rings. The van der Waals surface area contributed by atoms with E-state index in [-0.39, 0.29) is 5.54 Å². The van der Waals surface area contributed by atoms with Crippen LogP contribution in [0.15, 0.2) is 24.3 Å². The summed E-state index contributed by atoms with van der Waals surface area (Å²) in [6.45, 7) is 10.5. The summed E-state index contributed by atoms with van der Waals surface area (Å²) in [5.41, 5.74) is 8.56. The normalized spacial score (nSPS) is 11.8. The first-order valence-corrected chi connectivity index (χ1v) is 9.96. The molecule has 1 aromatic heterocycles. The lowest BCUT2D eigenvalue weighted by molar-refractivity contribution is 0.310. The summed E-state index contributed by atoms with van der Waals surface area (Å²) >= 11 is 0. The highest BCUT2D eigenvalue weighted by Crippen LogP contribution is 2.26. The summed E-state index contributed by atoms with van der Waals surface area (Å²) in [5, 5.41) is 4.63. The molecule has 0 aliphatic heterocycles. The fraction of sp³-hybridized carbons (Fsp3) is 0.591. The molecule has 0 fully saturated rings. The summed E-state index contributed by atoms with van der Waals surface area (Å²) in [6, 6.07) is 8.50. The van der Waals surface area contributed by atoms with E-state index in [4.69, 9.17) is 10.5 Å². The number of nitrogens with two attached hydrogens (primary N) is 1. The van der Waals surface area contributed by atoms with Crippen LogP contribution in [0, 0.1) is 0 Å². The van der Waals surface area contributed by atoms with Gasteiger partial charge < -0.3 is 15.8 Å². The van der Waals surface area contributed by atoms with Gasteiger partial charge in [0.2, 0.25) is 0 Å². The fourth-order valence-corrected chi connectivity index (χ4v) is 2.90. The molecule has 0 spiro atoms. The van der Waals surface area contributed by atoms with Crippen LogP contribution in [-0.4, -0.2) is 23.7 Å². The van der Waals surface area contributed by atoms with Crippen LogP contribution in [0.5, 0.6) is 5.75 Å². The molecule has 3 N–H and O–H groups in total. The van der Waals surface area contributed by atoms with E-state index in [1.54, 1.807) is 0 Å². The third kappa shape index (κ3) is 6.83. The predicted octanol–water partition coefficient (Wildman–Crippen LogP) is 5.10. The minimum absolute atomic E-state index is 0.211. The van der Waals surface area contributed by atoms with Gasteiger partial charge in [-0.1, -0.05) is 31.9 Å². The quantitative estimate of drug-likeness (QED) is 0.581. The molecule has 26 heavy (non-hydrogen) atoms. The molecular formula is C22H35N3O. The average molecular weight is 358 g/mol. The van der Waals surface area contributed by atoms with Crippen molar-refractivity contribution in [2.45, 2.75) is 71.8 Å². The molecule has 0 saturated carbocycles. The zero-order valence-corrected chi connectivity index (χ0v) is 16.9. The third-order valence-electron chi connectivity index (χ3n) is 4.43. The second-order valence-electron chi connectivity index (χ2n) is 8.09. The molecule has 0 aliphatic carbocycles. The van der Waals surface area contributed by atoms with E-state index in [0.717, 1.165) is 36.7 Å². The van der Waals surface area contributed by atoms with Crippen LogP contribution >= 0.6 is 0 Å². The van der Waals surface area contributed by atoms with Crippen molar-refractivity contribution in [2.24, 2.45) is 0 Å². The van der Waals surface area contributed by atoms with Gasteiger partial charge in [-0.3, -0.25) is 0 Å². The number of ether oxygens (including phenoxy) is 1. The molecule has 0 bridgehead atoms. The van der Waals surface area contributed by atoms with E-state index in [0.29, 0.717) is 18.2 Å². The molecule has 0 saturated heterocycles. The second-order valence-corrected chi connectivity index (χ2v) is 8.09. The van der Waals surface area contributed by atoms with E-state index in [2.05, 4.69) is 56.2 Å². The average Bonchev–Trinajstić information content (AvgIpc) is 2.57. The lowest BCUT2D eigenvalue weighted by Gasteiger charge is -2.20. The summed E-state index contributed by atoms with van der Waals surface area (Å²) in [7, 11) is 0. The van der Waals surface area contributed by atoms with Gasteiger partial charge in [-0.05, 0) is 70.7 Å². The molecule has 0 atom stereocenters. The number of hydrogen-bond acceptors (Lipinski definition) is 4. The Morgan fingerprint density at radius 2 is 1.88 bits per heavy atom. The van der Waals surface area contributed by atoms with E-state index in [1.165, 1.54) is 24.8 Å². The van der Waals surface area contributed by atoms with Crippen molar-refractivity contribution in [3.8, 4) is 5.75 Å². The van der Waals surface area contributed by atoms with Gasteiger partial charge in [0.05, 0.1) is 12.1 Å². The maximum atomic E-state index is 6.07. The van der Waals surface area contributed by atoms with Crippen LogP contribution in [0.3, 0.4) is 0 Å².